The zero-order valence-electron chi connectivity index (χ0n) is 25.9. The normalized spacial score (nSPS) is 22.2. The van der Waals surface area contributed by atoms with E-state index in [4.69, 9.17) is 19.8 Å². The second kappa shape index (κ2) is 13.4. The summed E-state index contributed by atoms with van der Waals surface area (Å²) in [5.41, 5.74) is 4.32. The molecule has 2 aromatic carbocycles. The molecule has 45 heavy (non-hydrogen) atoms. The molecule has 2 saturated heterocycles. The Balaban J connectivity index is 1.32. The van der Waals surface area contributed by atoms with Crippen molar-refractivity contribution in [1.29, 1.82) is 5.26 Å². The number of piperazine rings is 1. The maximum absolute atomic E-state index is 14.1. The Bertz CT molecular complexity index is 1620. The van der Waals surface area contributed by atoms with E-state index < -0.39 is 6.17 Å². The molecule has 1 aromatic heterocycles. The van der Waals surface area contributed by atoms with Crippen LogP contribution in [0.15, 0.2) is 48.6 Å². The van der Waals surface area contributed by atoms with E-state index in [0.29, 0.717) is 39.1 Å². The molecule has 236 valence electrons. The van der Waals surface area contributed by atoms with Gasteiger partial charge < -0.3 is 24.5 Å². The highest BCUT2D eigenvalue weighted by Gasteiger charge is 2.34. The number of aliphatic hydroxyl groups is 1. The fourth-order valence-electron chi connectivity index (χ4n) is 6.93. The van der Waals surface area contributed by atoms with Crippen molar-refractivity contribution in [1.82, 2.24) is 19.8 Å². The second-order valence-electron chi connectivity index (χ2n) is 12.2. The number of nitrogens with zero attached hydrogens (tertiary/aromatic N) is 7. The molecule has 0 saturated carbocycles. The average molecular weight is 614 g/mol. The molecule has 0 aliphatic carbocycles. The minimum atomic E-state index is -0.871. The van der Waals surface area contributed by atoms with Crippen LogP contribution in [-0.2, 0) is 17.8 Å². The number of halogens is 1. The third-order valence-corrected chi connectivity index (χ3v) is 9.25. The van der Waals surface area contributed by atoms with Gasteiger partial charge in [-0.3, -0.25) is 9.69 Å². The highest BCUT2D eigenvalue weighted by atomic mass is 19.1. The number of aryl methyl sites for hydroxylation is 1. The molecule has 3 aromatic rings. The SMILES string of the molecule is Cc1cccc2cccc(N3CCc4c(nc(OCC5C[C@@H](F)CN5C)nc4N4CCN(C(=O)/C=C/CO)[C@@H](CC#N)C4)C3)c12. The molecular weight excluding hydrogens is 573 g/mol. The third-order valence-electron chi connectivity index (χ3n) is 9.25. The van der Waals surface area contributed by atoms with Gasteiger partial charge in [0.1, 0.15) is 18.6 Å². The minimum absolute atomic E-state index is 0.0558. The molecule has 3 aliphatic heterocycles. The molecule has 1 N–H and O–H groups in total. The first-order valence-electron chi connectivity index (χ1n) is 15.7. The maximum atomic E-state index is 14.1. The van der Waals surface area contributed by atoms with Crippen molar-refractivity contribution < 1.29 is 19.0 Å². The van der Waals surface area contributed by atoms with Crippen molar-refractivity contribution in [3.63, 3.8) is 0 Å². The largest absolute Gasteiger partial charge is 0.462 e. The Kier molecular flexibility index (Phi) is 9.14. The van der Waals surface area contributed by atoms with Crippen molar-refractivity contribution in [3.8, 4) is 12.1 Å². The summed E-state index contributed by atoms with van der Waals surface area (Å²) in [4.78, 5) is 30.9. The van der Waals surface area contributed by atoms with Crippen LogP contribution in [0.2, 0.25) is 0 Å². The maximum Gasteiger partial charge on any atom is 0.318 e. The first-order valence-corrected chi connectivity index (χ1v) is 15.7. The number of benzene rings is 2. The van der Waals surface area contributed by atoms with Gasteiger partial charge in [0.2, 0.25) is 5.91 Å². The predicted octanol–water partition coefficient (Wildman–Crippen LogP) is 3.40. The highest BCUT2D eigenvalue weighted by molar-refractivity contribution is 5.97. The number of rotatable bonds is 8. The lowest BCUT2D eigenvalue weighted by atomic mass is 9.99. The molecule has 1 amide bonds. The quantitative estimate of drug-likeness (QED) is 0.383. The number of nitriles is 1. The van der Waals surface area contributed by atoms with Crippen LogP contribution in [0.25, 0.3) is 10.8 Å². The van der Waals surface area contributed by atoms with Crippen LogP contribution < -0.4 is 14.5 Å². The van der Waals surface area contributed by atoms with Crippen LogP contribution in [0.1, 0.15) is 29.7 Å². The molecule has 0 spiro atoms. The number of aromatic nitrogens is 2. The number of aliphatic hydroxyl groups excluding tert-OH is 1. The summed E-state index contributed by atoms with van der Waals surface area (Å²) in [6.45, 7) is 5.36. The Morgan fingerprint density at radius 1 is 1.13 bits per heavy atom. The number of fused-ring (bicyclic) bond motifs is 2. The number of ether oxygens (including phenoxy) is 1. The molecule has 2 fully saturated rings. The molecule has 6 rings (SSSR count). The van der Waals surface area contributed by atoms with Crippen LogP contribution >= 0.6 is 0 Å². The molecule has 11 heteroatoms. The van der Waals surface area contributed by atoms with Crippen LogP contribution in [0.5, 0.6) is 6.01 Å². The first kappa shape index (κ1) is 30.7. The number of likely N-dealkylation sites (tertiary alicyclic amines) is 1. The van der Waals surface area contributed by atoms with Gasteiger partial charge in [0, 0.05) is 61.5 Å². The second-order valence-corrected chi connectivity index (χ2v) is 12.2. The minimum Gasteiger partial charge on any atom is -0.462 e. The Morgan fingerprint density at radius 2 is 1.96 bits per heavy atom. The standard InChI is InChI=1S/C34H40FN7O3/c1-23-6-3-7-24-8-4-9-30(32(23)24)40-14-12-28-29(21-40)37-34(45-22-27-18-25(35)19-39(27)2)38-33(28)41-15-16-42(26(20-41)11-13-36)31(44)10-5-17-43/h3-10,25-27,43H,11-12,14-22H2,1-2H3/b10-5+/t25-,26+,27?/m1/s1. The van der Waals surface area contributed by atoms with Crippen LogP contribution in [-0.4, -0.2) is 102 Å². The van der Waals surface area contributed by atoms with Crippen LogP contribution in [0, 0.1) is 18.3 Å². The van der Waals surface area contributed by atoms with Gasteiger partial charge >= 0.3 is 6.01 Å². The molecule has 10 nitrogen and oxygen atoms in total. The van der Waals surface area contributed by atoms with Gasteiger partial charge in [0.05, 0.1) is 37.4 Å². The molecule has 3 atom stereocenters. The van der Waals surface area contributed by atoms with Crippen LogP contribution in [0.3, 0.4) is 0 Å². The van der Waals surface area contributed by atoms with E-state index in [1.54, 1.807) is 4.90 Å². The van der Waals surface area contributed by atoms with E-state index >= 15 is 0 Å². The number of likely N-dealkylation sites (N-methyl/N-ethyl adjacent to an activating group) is 1. The lowest BCUT2D eigenvalue weighted by molar-refractivity contribution is -0.128. The zero-order valence-corrected chi connectivity index (χ0v) is 25.9. The van der Waals surface area contributed by atoms with E-state index in [0.717, 1.165) is 35.7 Å². The van der Waals surface area contributed by atoms with E-state index in [1.807, 2.05) is 11.9 Å². The predicted molar refractivity (Wildman–Crippen MR) is 171 cm³/mol. The summed E-state index contributed by atoms with van der Waals surface area (Å²) < 4.78 is 20.3. The molecule has 3 aliphatic rings. The molecule has 0 radical (unpaired) electrons. The fourth-order valence-corrected chi connectivity index (χ4v) is 6.93. The molecule has 1 unspecified atom stereocenters. The Hall–Kier alpha value is -4.27. The number of hydrogen-bond acceptors (Lipinski definition) is 9. The van der Waals surface area contributed by atoms with Gasteiger partial charge in [-0.1, -0.05) is 36.4 Å². The van der Waals surface area contributed by atoms with Crippen molar-refractivity contribution in [2.75, 3.05) is 62.8 Å². The van der Waals surface area contributed by atoms with Gasteiger partial charge in [-0.25, -0.2) is 4.39 Å². The summed E-state index contributed by atoms with van der Waals surface area (Å²) in [6.07, 6.45) is 3.23. The lowest BCUT2D eigenvalue weighted by Crippen LogP contribution is -2.55. The number of hydrogen-bond donors (Lipinski definition) is 1. The molecular formula is C34H40FN7O3. The van der Waals surface area contributed by atoms with Crippen molar-refractivity contribution in [2.45, 2.75) is 51.0 Å². The number of alkyl halides is 1. The van der Waals surface area contributed by atoms with E-state index in [9.17, 15) is 14.4 Å². The summed E-state index contributed by atoms with van der Waals surface area (Å²) in [7, 11) is 1.91. The topological polar surface area (TPSA) is 109 Å². The van der Waals surface area contributed by atoms with Gasteiger partial charge in [-0.05, 0) is 43.8 Å². The zero-order chi connectivity index (χ0) is 31.5. The van der Waals surface area contributed by atoms with Gasteiger partial charge in [0.25, 0.3) is 0 Å². The van der Waals surface area contributed by atoms with Gasteiger partial charge in [-0.2, -0.15) is 15.2 Å². The number of amides is 1. The summed E-state index contributed by atoms with van der Waals surface area (Å²) in [5.74, 6) is 0.554. The number of carbonyl (C=O) groups is 1. The van der Waals surface area contributed by atoms with E-state index in [2.05, 4.69) is 59.2 Å². The monoisotopic (exact) mass is 613 g/mol. The Labute approximate surface area is 263 Å². The summed E-state index contributed by atoms with van der Waals surface area (Å²) in [6, 6.07) is 14.9. The first-order chi connectivity index (χ1) is 21.9. The number of carbonyl (C=O) groups excluding carboxylic acids is 1. The fraction of sp³-hybridized carbons (Fsp3) is 0.471. The lowest BCUT2D eigenvalue weighted by Gasteiger charge is -2.42. The Morgan fingerprint density at radius 3 is 2.71 bits per heavy atom. The van der Waals surface area contributed by atoms with Crippen molar-refractivity contribution >= 4 is 28.2 Å². The molecule has 4 heterocycles. The van der Waals surface area contributed by atoms with Gasteiger partial charge in [-0.15, -0.1) is 0 Å². The smallest absolute Gasteiger partial charge is 0.318 e. The molecule has 0 bridgehead atoms. The summed E-state index contributed by atoms with van der Waals surface area (Å²) in [5, 5.41) is 21.2. The average Bonchev–Trinajstić information content (AvgIpc) is 3.38. The number of anilines is 2. The summed E-state index contributed by atoms with van der Waals surface area (Å²) >= 11 is 0. The van der Waals surface area contributed by atoms with Crippen molar-refractivity contribution in [2.24, 2.45) is 0 Å². The van der Waals surface area contributed by atoms with E-state index in [1.165, 1.54) is 28.5 Å². The highest BCUT2D eigenvalue weighted by Crippen LogP contribution is 2.36. The third kappa shape index (κ3) is 6.44. The van der Waals surface area contributed by atoms with Crippen molar-refractivity contribution in [3.05, 3.63) is 65.4 Å². The van der Waals surface area contributed by atoms with Gasteiger partial charge in [0.15, 0.2) is 0 Å². The van der Waals surface area contributed by atoms with E-state index in [-0.39, 0.29) is 43.6 Å². The van der Waals surface area contributed by atoms with Crippen LogP contribution in [0.4, 0.5) is 15.9 Å².